The quantitative estimate of drug-likeness (QED) is 0.650. The number of carbonyl (C=O) groups excluding carboxylic acids is 1. The number of nitrogens with zero attached hydrogens (tertiary/aromatic N) is 1. The van der Waals surface area contributed by atoms with Crippen LogP contribution in [0, 0.1) is 0 Å². The molecule has 0 radical (unpaired) electrons. The van der Waals surface area contributed by atoms with E-state index in [9.17, 15) is 9.59 Å². The average molecular weight is 369 g/mol. The Bertz CT molecular complexity index is 697. The molecule has 1 amide bonds. The molecule has 0 aliphatic carbocycles. The molecule has 0 atom stereocenters. The van der Waals surface area contributed by atoms with E-state index >= 15 is 0 Å². The molecule has 1 aromatic heterocycles. The first kappa shape index (κ1) is 16.8. The molecule has 1 aromatic carbocycles. The monoisotopic (exact) mass is 370 g/mol. The van der Waals surface area contributed by atoms with Crippen LogP contribution in [-0.4, -0.2) is 36.5 Å². The SMILES string of the molecule is CC(C)(C)OC(=O)NCCCCn1[se]c2ccccc2c1=O. The molecule has 0 bridgehead atoms. The standard InChI is InChI=1S/C16H22N2O3Se/c1-16(2,3)21-15(20)17-10-6-7-11-18-14(19)12-8-4-5-9-13(12)22-18/h4-5,8-9H,6-7,10-11H2,1-3H3,(H,17,20). The third kappa shape index (κ3) is 4.75. The van der Waals surface area contributed by atoms with Crippen LogP contribution < -0.4 is 10.9 Å². The van der Waals surface area contributed by atoms with Crippen LogP contribution in [0.25, 0.3) is 9.65 Å². The van der Waals surface area contributed by atoms with E-state index in [4.69, 9.17) is 4.74 Å². The number of aryl methyl sites for hydroxylation is 1. The number of unbranched alkanes of at least 4 members (excludes halogenated alkanes) is 1. The summed E-state index contributed by atoms with van der Waals surface area (Å²) in [5.74, 6) is 0. The molecule has 1 N–H and O–H groups in total. The van der Waals surface area contributed by atoms with Crippen molar-refractivity contribution in [3.8, 4) is 0 Å². The van der Waals surface area contributed by atoms with Gasteiger partial charge < -0.3 is 0 Å². The van der Waals surface area contributed by atoms with Crippen LogP contribution in [0.1, 0.15) is 33.6 Å². The summed E-state index contributed by atoms with van der Waals surface area (Å²) in [7, 11) is 0. The van der Waals surface area contributed by atoms with Gasteiger partial charge in [0.05, 0.1) is 0 Å². The minimum absolute atomic E-state index is 0.0896. The Morgan fingerprint density at radius 2 is 2.00 bits per heavy atom. The van der Waals surface area contributed by atoms with Crippen LogP contribution >= 0.6 is 0 Å². The number of rotatable bonds is 5. The number of benzene rings is 1. The fourth-order valence-corrected chi connectivity index (χ4v) is 4.22. The molecule has 0 aliphatic heterocycles. The number of ether oxygens (including phenoxy) is 1. The molecule has 0 saturated carbocycles. The van der Waals surface area contributed by atoms with Gasteiger partial charge in [-0.25, -0.2) is 0 Å². The third-order valence-corrected chi connectivity index (χ3v) is 5.36. The maximum absolute atomic E-state index is 12.2. The first-order valence-electron chi connectivity index (χ1n) is 7.42. The van der Waals surface area contributed by atoms with Gasteiger partial charge in [0.25, 0.3) is 0 Å². The molecule has 22 heavy (non-hydrogen) atoms. The summed E-state index contributed by atoms with van der Waals surface area (Å²) >= 11 is 0.0896. The third-order valence-electron chi connectivity index (χ3n) is 3.01. The first-order valence-corrected chi connectivity index (χ1v) is 9.05. The van der Waals surface area contributed by atoms with Crippen LogP contribution in [0.2, 0.25) is 0 Å². The van der Waals surface area contributed by atoms with Crippen LogP contribution in [0.4, 0.5) is 4.79 Å². The van der Waals surface area contributed by atoms with E-state index in [0.717, 1.165) is 29.0 Å². The molecule has 5 nitrogen and oxygen atoms in total. The van der Waals surface area contributed by atoms with Crippen LogP contribution in [0.5, 0.6) is 0 Å². The fraction of sp³-hybridized carbons (Fsp3) is 0.500. The van der Waals surface area contributed by atoms with Gasteiger partial charge in [-0.05, 0) is 0 Å². The van der Waals surface area contributed by atoms with Crippen molar-refractivity contribution in [1.29, 1.82) is 0 Å². The Balaban J connectivity index is 1.76. The Morgan fingerprint density at radius 1 is 1.27 bits per heavy atom. The summed E-state index contributed by atoms with van der Waals surface area (Å²) in [4.78, 5) is 23.7. The van der Waals surface area contributed by atoms with E-state index in [1.165, 1.54) is 0 Å². The Kier molecular flexibility index (Phi) is 5.48. The molecule has 2 rings (SSSR count). The van der Waals surface area contributed by atoms with Crippen molar-refractivity contribution in [1.82, 2.24) is 8.88 Å². The van der Waals surface area contributed by atoms with Crippen LogP contribution in [-0.2, 0) is 11.3 Å². The summed E-state index contributed by atoms with van der Waals surface area (Å²) < 4.78 is 8.25. The van der Waals surface area contributed by atoms with E-state index in [1.54, 1.807) is 0 Å². The van der Waals surface area contributed by atoms with Gasteiger partial charge in [0.2, 0.25) is 0 Å². The van der Waals surface area contributed by atoms with Crippen molar-refractivity contribution in [2.45, 2.75) is 45.8 Å². The summed E-state index contributed by atoms with van der Waals surface area (Å²) in [6, 6.07) is 7.80. The second kappa shape index (κ2) is 7.16. The van der Waals surface area contributed by atoms with Crippen molar-refractivity contribution in [3.05, 3.63) is 34.6 Å². The number of fused-ring (bicyclic) bond motifs is 1. The van der Waals surface area contributed by atoms with Gasteiger partial charge in [-0.1, -0.05) is 0 Å². The maximum atomic E-state index is 12.2. The van der Waals surface area contributed by atoms with Crippen LogP contribution in [0.15, 0.2) is 29.1 Å². The number of amides is 1. The molecule has 6 heteroatoms. The molecule has 0 saturated heterocycles. The molecule has 2 aromatic rings. The zero-order valence-corrected chi connectivity index (χ0v) is 14.9. The van der Waals surface area contributed by atoms with E-state index in [2.05, 4.69) is 5.32 Å². The summed E-state index contributed by atoms with van der Waals surface area (Å²) in [6.07, 6.45) is 1.31. The summed E-state index contributed by atoms with van der Waals surface area (Å²) in [5, 5.41) is 3.58. The number of carbonyl (C=O) groups is 1. The van der Waals surface area contributed by atoms with Gasteiger partial charge in [-0.3, -0.25) is 0 Å². The van der Waals surface area contributed by atoms with E-state index < -0.39 is 5.60 Å². The van der Waals surface area contributed by atoms with Crippen molar-refractivity contribution in [3.63, 3.8) is 0 Å². The van der Waals surface area contributed by atoms with Crippen molar-refractivity contribution in [2.75, 3.05) is 6.54 Å². The second-order valence-corrected chi connectivity index (χ2v) is 8.36. The van der Waals surface area contributed by atoms with Crippen LogP contribution in [0.3, 0.4) is 0 Å². The Morgan fingerprint density at radius 3 is 2.68 bits per heavy atom. The summed E-state index contributed by atoms with van der Waals surface area (Å²) in [6.45, 7) is 6.82. The fourth-order valence-electron chi connectivity index (χ4n) is 2.05. The number of aromatic nitrogens is 1. The molecule has 0 fully saturated rings. The topological polar surface area (TPSA) is 60.3 Å². The van der Waals surface area contributed by atoms with Crippen molar-refractivity contribution < 1.29 is 9.53 Å². The molecule has 1 heterocycles. The predicted molar refractivity (Wildman–Crippen MR) is 88.6 cm³/mol. The van der Waals surface area contributed by atoms with Gasteiger partial charge >= 0.3 is 136 Å². The van der Waals surface area contributed by atoms with Gasteiger partial charge in [-0.15, -0.1) is 0 Å². The molecular weight excluding hydrogens is 347 g/mol. The zero-order valence-electron chi connectivity index (χ0n) is 13.2. The predicted octanol–water partition coefficient (Wildman–Crippen LogP) is 2.36. The molecule has 0 spiro atoms. The second-order valence-electron chi connectivity index (χ2n) is 6.13. The number of alkyl carbamates (subject to hydrolysis) is 1. The van der Waals surface area contributed by atoms with E-state index in [1.807, 2.05) is 48.6 Å². The zero-order chi connectivity index (χ0) is 16.2. The van der Waals surface area contributed by atoms with Crippen molar-refractivity contribution >= 4 is 30.5 Å². The van der Waals surface area contributed by atoms with Gasteiger partial charge in [0, 0.05) is 0 Å². The number of hydrogen-bond acceptors (Lipinski definition) is 3. The van der Waals surface area contributed by atoms with Gasteiger partial charge in [0.1, 0.15) is 0 Å². The molecule has 0 unspecified atom stereocenters. The Labute approximate surface area is 136 Å². The van der Waals surface area contributed by atoms with Crippen molar-refractivity contribution in [2.24, 2.45) is 0 Å². The molecule has 0 aliphatic rings. The van der Waals surface area contributed by atoms with Gasteiger partial charge in [-0.2, -0.15) is 0 Å². The average Bonchev–Trinajstić information content (AvgIpc) is 2.74. The first-order chi connectivity index (χ1) is 10.4. The summed E-state index contributed by atoms with van der Waals surface area (Å²) in [5.41, 5.74) is -0.337. The van der Waals surface area contributed by atoms with Gasteiger partial charge in [0.15, 0.2) is 0 Å². The normalized spacial score (nSPS) is 11.6. The minimum atomic E-state index is -0.472. The number of hydrogen-bond donors (Lipinski definition) is 1. The molecule has 120 valence electrons. The van der Waals surface area contributed by atoms with E-state index in [-0.39, 0.29) is 26.4 Å². The number of nitrogens with one attached hydrogen (secondary N) is 1. The Hall–Kier alpha value is -1.52. The molecular formula is C16H22N2O3Se. The van der Waals surface area contributed by atoms with E-state index in [0.29, 0.717) is 6.54 Å².